The first-order valence-electron chi connectivity index (χ1n) is 9.57. The number of nitrogens with one attached hydrogen (secondary N) is 2. The summed E-state index contributed by atoms with van der Waals surface area (Å²) in [4.78, 5) is 0. The van der Waals surface area contributed by atoms with Gasteiger partial charge in [0.25, 0.3) is 0 Å². The minimum atomic E-state index is -3.50. The summed E-state index contributed by atoms with van der Waals surface area (Å²) in [5.41, 5.74) is 2.49. The molecule has 8 heteroatoms. The number of benzene rings is 4. The van der Waals surface area contributed by atoms with Gasteiger partial charge in [-0.2, -0.15) is 0 Å². The monoisotopic (exact) mass is 454 g/mol. The molecule has 2 N–H and O–H groups in total. The molecule has 0 atom stereocenters. The van der Waals surface area contributed by atoms with Gasteiger partial charge >= 0.3 is 0 Å². The Bertz CT molecular complexity index is 1400. The van der Waals surface area contributed by atoms with Gasteiger partial charge in [0.15, 0.2) is 0 Å². The standard InChI is InChI=1S/C23H22N2O4S2/c1-30(26,27)24-22-13-11-16-7-3-5-9-18(16)20(22)15-21-19-10-6-4-8-17(19)12-14-23(21)25-31(2,28)29/h3-14,24-25H,15H2,1-2H3. The van der Waals surface area contributed by atoms with Crippen molar-refractivity contribution in [3.8, 4) is 0 Å². The average Bonchev–Trinajstić information content (AvgIpc) is 2.69. The molecule has 0 aliphatic heterocycles. The van der Waals surface area contributed by atoms with Crippen molar-refractivity contribution in [3.63, 3.8) is 0 Å². The van der Waals surface area contributed by atoms with Crippen molar-refractivity contribution in [2.75, 3.05) is 22.0 Å². The lowest BCUT2D eigenvalue weighted by molar-refractivity contribution is 0.605. The number of rotatable bonds is 6. The Balaban J connectivity index is 1.99. The Labute approximate surface area is 182 Å². The van der Waals surface area contributed by atoms with Crippen LogP contribution in [0.1, 0.15) is 11.1 Å². The van der Waals surface area contributed by atoms with Crippen LogP contribution in [0.2, 0.25) is 0 Å². The maximum atomic E-state index is 12.0. The fourth-order valence-electron chi connectivity index (χ4n) is 3.82. The largest absolute Gasteiger partial charge is 0.283 e. The number of hydrogen-bond acceptors (Lipinski definition) is 4. The predicted molar refractivity (Wildman–Crippen MR) is 128 cm³/mol. The van der Waals surface area contributed by atoms with Gasteiger partial charge in [0, 0.05) is 6.42 Å². The van der Waals surface area contributed by atoms with E-state index in [1.165, 1.54) is 0 Å². The van der Waals surface area contributed by atoms with Crippen molar-refractivity contribution in [3.05, 3.63) is 83.9 Å². The van der Waals surface area contributed by atoms with Gasteiger partial charge < -0.3 is 0 Å². The number of anilines is 2. The van der Waals surface area contributed by atoms with Gasteiger partial charge in [-0.3, -0.25) is 9.44 Å². The molecule has 6 nitrogen and oxygen atoms in total. The SMILES string of the molecule is CS(=O)(=O)Nc1ccc2ccccc2c1Cc1c(NS(C)(=O)=O)ccc2ccccc12. The van der Waals surface area contributed by atoms with Crippen LogP contribution in [0, 0.1) is 0 Å². The van der Waals surface area contributed by atoms with Gasteiger partial charge in [-0.15, -0.1) is 0 Å². The zero-order valence-electron chi connectivity index (χ0n) is 17.1. The quantitative estimate of drug-likeness (QED) is 0.454. The third-order valence-corrected chi connectivity index (χ3v) is 6.21. The summed E-state index contributed by atoms with van der Waals surface area (Å²) in [5, 5.41) is 3.73. The Morgan fingerprint density at radius 2 is 0.968 bits per heavy atom. The normalized spacial score (nSPS) is 12.2. The molecule has 0 heterocycles. The summed E-state index contributed by atoms with van der Waals surface area (Å²) in [6, 6.07) is 22.7. The van der Waals surface area contributed by atoms with Crippen LogP contribution in [0.4, 0.5) is 11.4 Å². The van der Waals surface area contributed by atoms with Crippen LogP contribution in [0.25, 0.3) is 21.5 Å². The molecule has 0 aromatic heterocycles. The van der Waals surface area contributed by atoms with Crippen LogP contribution in [0.3, 0.4) is 0 Å². The molecule has 0 bridgehead atoms. The minimum Gasteiger partial charge on any atom is -0.283 e. The van der Waals surface area contributed by atoms with Gasteiger partial charge in [0.05, 0.1) is 23.9 Å². The molecule has 0 aliphatic rings. The molecule has 4 rings (SSSR count). The lowest BCUT2D eigenvalue weighted by Gasteiger charge is -2.18. The highest BCUT2D eigenvalue weighted by molar-refractivity contribution is 7.92. The zero-order chi connectivity index (χ0) is 22.2. The maximum absolute atomic E-state index is 12.0. The van der Waals surface area contributed by atoms with Crippen LogP contribution < -0.4 is 9.44 Å². The third-order valence-electron chi connectivity index (χ3n) is 5.03. The molecular formula is C23H22N2O4S2. The van der Waals surface area contributed by atoms with E-state index < -0.39 is 20.0 Å². The number of hydrogen-bond donors (Lipinski definition) is 2. The molecular weight excluding hydrogens is 432 g/mol. The summed E-state index contributed by atoms with van der Waals surface area (Å²) in [6.45, 7) is 0. The van der Waals surface area contributed by atoms with E-state index in [9.17, 15) is 16.8 Å². The Hall–Kier alpha value is -3.10. The molecule has 4 aromatic rings. The first kappa shape index (κ1) is 21.1. The first-order valence-corrected chi connectivity index (χ1v) is 13.4. The van der Waals surface area contributed by atoms with Gasteiger partial charge in [-0.1, -0.05) is 60.7 Å². The third kappa shape index (κ3) is 4.81. The molecule has 0 aliphatic carbocycles. The topological polar surface area (TPSA) is 92.3 Å². The molecule has 0 spiro atoms. The molecule has 0 fully saturated rings. The number of sulfonamides is 2. The number of fused-ring (bicyclic) bond motifs is 2. The molecule has 0 saturated heterocycles. The lowest BCUT2D eigenvalue weighted by atomic mass is 9.93. The van der Waals surface area contributed by atoms with E-state index in [-0.39, 0.29) is 0 Å². The van der Waals surface area contributed by atoms with Gasteiger partial charge in [0.2, 0.25) is 20.0 Å². The second-order valence-corrected chi connectivity index (χ2v) is 11.0. The van der Waals surface area contributed by atoms with E-state index in [0.29, 0.717) is 17.8 Å². The van der Waals surface area contributed by atoms with Crippen LogP contribution in [-0.2, 0) is 26.5 Å². The second kappa shape index (κ2) is 7.86. The van der Waals surface area contributed by atoms with Crippen molar-refractivity contribution in [1.29, 1.82) is 0 Å². The first-order chi connectivity index (χ1) is 14.6. The molecule has 0 saturated carbocycles. The fourth-order valence-corrected chi connectivity index (χ4v) is 5.00. The van der Waals surface area contributed by atoms with Crippen molar-refractivity contribution >= 4 is 53.0 Å². The van der Waals surface area contributed by atoms with Crippen LogP contribution in [0.5, 0.6) is 0 Å². The smallest absolute Gasteiger partial charge is 0.229 e. The van der Waals surface area contributed by atoms with Crippen molar-refractivity contribution < 1.29 is 16.8 Å². The highest BCUT2D eigenvalue weighted by atomic mass is 32.2. The van der Waals surface area contributed by atoms with Crippen LogP contribution >= 0.6 is 0 Å². The fraction of sp³-hybridized carbons (Fsp3) is 0.130. The molecule has 0 unspecified atom stereocenters. The lowest BCUT2D eigenvalue weighted by Crippen LogP contribution is -2.13. The molecule has 0 amide bonds. The summed E-state index contributed by atoms with van der Waals surface area (Å²) in [7, 11) is -7.01. The van der Waals surface area contributed by atoms with E-state index >= 15 is 0 Å². The summed E-state index contributed by atoms with van der Waals surface area (Å²) in [6.07, 6.45) is 2.56. The Morgan fingerprint density at radius 3 is 1.35 bits per heavy atom. The summed E-state index contributed by atoms with van der Waals surface area (Å²) < 4.78 is 53.2. The van der Waals surface area contributed by atoms with Crippen LogP contribution in [0.15, 0.2) is 72.8 Å². The van der Waals surface area contributed by atoms with Gasteiger partial charge in [-0.25, -0.2) is 16.8 Å². The Kier molecular flexibility index (Phi) is 5.36. The Morgan fingerprint density at radius 1 is 0.581 bits per heavy atom. The molecule has 4 aromatic carbocycles. The zero-order valence-corrected chi connectivity index (χ0v) is 18.7. The van der Waals surface area contributed by atoms with E-state index in [2.05, 4.69) is 9.44 Å². The van der Waals surface area contributed by atoms with Crippen molar-refractivity contribution in [2.24, 2.45) is 0 Å². The predicted octanol–water partition coefficient (Wildman–Crippen LogP) is 4.33. The van der Waals surface area contributed by atoms with Crippen molar-refractivity contribution in [1.82, 2.24) is 0 Å². The summed E-state index contributed by atoms with van der Waals surface area (Å²) >= 11 is 0. The van der Waals surface area contributed by atoms with Gasteiger partial charge in [0.1, 0.15) is 0 Å². The molecule has 31 heavy (non-hydrogen) atoms. The second-order valence-electron chi connectivity index (χ2n) is 7.55. The van der Waals surface area contributed by atoms with E-state index in [1.54, 1.807) is 12.1 Å². The highest BCUT2D eigenvalue weighted by Gasteiger charge is 2.17. The molecule has 160 valence electrons. The summed E-state index contributed by atoms with van der Waals surface area (Å²) in [5.74, 6) is 0. The van der Waals surface area contributed by atoms with Crippen LogP contribution in [-0.4, -0.2) is 29.3 Å². The average molecular weight is 455 g/mol. The highest BCUT2D eigenvalue weighted by Crippen LogP contribution is 2.34. The van der Waals surface area contributed by atoms with Crippen molar-refractivity contribution in [2.45, 2.75) is 6.42 Å². The van der Waals surface area contributed by atoms with E-state index in [4.69, 9.17) is 0 Å². The van der Waals surface area contributed by atoms with E-state index in [0.717, 1.165) is 45.2 Å². The maximum Gasteiger partial charge on any atom is 0.229 e. The minimum absolute atomic E-state index is 0.332. The van der Waals surface area contributed by atoms with E-state index in [1.807, 2.05) is 60.7 Å². The van der Waals surface area contributed by atoms with Gasteiger partial charge in [-0.05, 0) is 44.8 Å². The molecule has 0 radical (unpaired) electrons.